The number of rotatable bonds is 4. The molecule has 0 amide bonds. The summed E-state index contributed by atoms with van der Waals surface area (Å²) in [5.74, 6) is 1.10. The van der Waals surface area contributed by atoms with Crippen LogP contribution in [0.1, 0.15) is 12.7 Å². The molecule has 0 spiro atoms. The van der Waals surface area contributed by atoms with Crippen molar-refractivity contribution < 1.29 is 14.4 Å². The lowest BCUT2D eigenvalue weighted by molar-refractivity contribution is 0.116. The zero-order chi connectivity index (χ0) is 11.5. The quantitative estimate of drug-likeness (QED) is 0.886. The van der Waals surface area contributed by atoms with Gasteiger partial charge < -0.3 is 14.4 Å². The van der Waals surface area contributed by atoms with E-state index in [1.807, 2.05) is 6.92 Å². The van der Waals surface area contributed by atoms with E-state index >= 15 is 0 Å². The van der Waals surface area contributed by atoms with Gasteiger partial charge in [-0.05, 0) is 18.4 Å². The first-order valence-corrected chi connectivity index (χ1v) is 5.71. The average molecular weight is 240 g/mol. The van der Waals surface area contributed by atoms with E-state index in [2.05, 4.69) is 10.1 Å². The lowest BCUT2D eigenvalue weighted by Gasteiger charge is -2.03. The van der Waals surface area contributed by atoms with Crippen LogP contribution in [0.4, 0.5) is 0 Å². The summed E-state index contributed by atoms with van der Waals surface area (Å²) in [5.41, 5.74) is 0. The second kappa shape index (κ2) is 4.63. The van der Waals surface area contributed by atoms with Crippen molar-refractivity contribution in [3.63, 3.8) is 0 Å². The molecule has 2 rings (SSSR count). The Hall–Kier alpha value is -1.40. The van der Waals surface area contributed by atoms with Crippen LogP contribution in [0.25, 0.3) is 10.8 Å². The fraction of sp³-hybridized carbons (Fsp3) is 0.400. The van der Waals surface area contributed by atoms with Gasteiger partial charge in [-0.15, -0.1) is 11.3 Å². The molecule has 0 radical (unpaired) electrons. The fourth-order valence-corrected chi connectivity index (χ4v) is 1.94. The topological polar surface area (TPSA) is 68.4 Å². The van der Waals surface area contributed by atoms with Crippen molar-refractivity contribution in [2.45, 2.75) is 19.4 Å². The predicted octanol–water partition coefficient (Wildman–Crippen LogP) is 2.08. The van der Waals surface area contributed by atoms with Crippen LogP contribution in [-0.2, 0) is 11.2 Å². The van der Waals surface area contributed by atoms with Crippen LogP contribution in [0.2, 0.25) is 0 Å². The number of methoxy groups -OCH3 is 1. The van der Waals surface area contributed by atoms with Gasteiger partial charge >= 0.3 is 0 Å². The summed E-state index contributed by atoms with van der Waals surface area (Å²) in [4.78, 5) is 4.79. The van der Waals surface area contributed by atoms with Crippen molar-refractivity contribution in [2.75, 3.05) is 7.11 Å². The molecule has 0 bridgehead atoms. The van der Waals surface area contributed by atoms with E-state index in [1.54, 1.807) is 18.6 Å². The maximum Gasteiger partial charge on any atom is 0.271 e. The second-order valence-corrected chi connectivity index (χ2v) is 4.32. The van der Waals surface area contributed by atoms with Crippen molar-refractivity contribution in [3.05, 3.63) is 17.3 Å². The minimum absolute atomic E-state index is 0.0439. The Bertz CT molecular complexity index is 466. The number of aromatic hydroxyl groups is 1. The molecule has 0 aliphatic rings. The predicted molar refractivity (Wildman–Crippen MR) is 59.5 cm³/mol. The SMILES string of the molecule is COC(C)Cc1noc(-c2sccc2O)n1. The lowest BCUT2D eigenvalue weighted by Crippen LogP contribution is -2.09. The van der Waals surface area contributed by atoms with E-state index in [9.17, 15) is 5.11 Å². The van der Waals surface area contributed by atoms with Crippen LogP contribution in [0.3, 0.4) is 0 Å². The second-order valence-electron chi connectivity index (χ2n) is 3.40. The maximum atomic E-state index is 9.50. The van der Waals surface area contributed by atoms with Gasteiger partial charge in [0, 0.05) is 13.5 Å². The van der Waals surface area contributed by atoms with Crippen molar-refractivity contribution in [1.82, 2.24) is 10.1 Å². The number of thiophene rings is 1. The minimum atomic E-state index is 0.0439. The van der Waals surface area contributed by atoms with E-state index in [1.165, 1.54) is 11.3 Å². The van der Waals surface area contributed by atoms with Crippen LogP contribution >= 0.6 is 11.3 Å². The van der Waals surface area contributed by atoms with Gasteiger partial charge in [0.15, 0.2) is 5.82 Å². The molecule has 0 saturated heterocycles. The third-order valence-corrected chi connectivity index (χ3v) is 3.07. The summed E-state index contributed by atoms with van der Waals surface area (Å²) in [7, 11) is 1.64. The van der Waals surface area contributed by atoms with Gasteiger partial charge in [0.25, 0.3) is 5.89 Å². The normalized spacial score (nSPS) is 12.9. The summed E-state index contributed by atoms with van der Waals surface area (Å²) >= 11 is 1.36. The molecule has 0 saturated carbocycles. The van der Waals surface area contributed by atoms with Gasteiger partial charge in [-0.2, -0.15) is 4.98 Å². The fourth-order valence-electron chi connectivity index (χ4n) is 1.23. The Kier molecular flexibility index (Phi) is 3.21. The molecule has 2 aromatic heterocycles. The summed E-state index contributed by atoms with van der Waals surface area (Å²) in [6.45, 7) is 1.93. The monoisotopic (exact) mass is 240 g/mol. The summed E-state index contributed by atoms with van der Waals surface area (Å²) in [5, 5.41) is 15.1. The largest absolute Gasteiger partial charge is 0.506 e. The molecule has 1 unspecified atom stereocenters. The lowest BCUT2D eigenvalue weighted by atomic mass is 10.3. The summed E-state index contributed by atoms with van der Waals surface area (Å²) in [6.07, 6.45) is 0.633. The molecule has 0 aromatic carbocycles. The summed E-state index contributed by atoms with van der Waals surface area (Å²) in [6, 6.07) is 1.60. The van der Waals surface area contributed by atoms with Crippen LogP contribution in [0, 0.1) is 0 Å². The van der Waals surface area contributed by atoms with Crippen LogP contribution in [0.15, 0.2) is 16.0 Å². The zero-order valence-corrected chi connectivity index (χ0v) is 9.82. The molecular formula is C10H12N2O3S. The number of aromatic nitrogens is 2. The molecular weight excluding hydrogens is 228 g/mol. The first-order valence-electron chi connectivity index (χ1n) is 4.83. The third kappa shape index (κ3) is 2.23. The first kappa shape index (κ1) is 11.1. The highest BCUT2D eigenvalue weighted by Crippen LogP contribution is 2.33. The van der Waals surface area contributed by atoms with Gasteiger partial charge in [-0.1, -0.05) is 5.16 Å². The Labute approximate surface area is 96.7 Å². The van der Waals surface area contributed by atoms with E-state index in [-0.39, 0.29) is 11.9 Å². The minimum Gasteiger partial charge on any atom is -0.506 e. The number of hydrogen-bond acceptors (Lipinski definition) is 6. The molecule has 0 fully saturated rings. The zero-order valence-electron chi connectivity index (χ0n) is 9.01. The number of hydrogen-bond donors (Lipinski definition) is 1. The number of ether oxygens (including phenoxy) is 1. The molecule has 6 heteroatoms. The van der Waals surface area contributed by atoms with E-state index in [0.717, 1.165) is 0 Å². The molecule has 0 aliphatic carbocycles. The van der Waals surface area contributed by atoms with E-state index < -0.39 is 0 Å². The maximum absolute atomic E-state index is 9.50. The Morgan fingerprint density at radius 2 is 2.44 bits per heavy atom. The van der Waals surface area contributed by atoms with Gasteiger partial charge in [0.05, 0.1) is 6.10 Å². The van der Waals surface area contributed by atoms with Crippen molar-refractivity contribution in [3.8, 4) is 16.5 Å². The molecule has 86 valence electrons. The molecule has 2 heterocycles. The number of nitrogens with zero attached hydrogens (tertiary/aromatic N) is 2. The third-order valence-electron chi connectivity index (χ3n) is 2.18. The highest BCUT2D eigenvalue weighted by Gasteiger charge is 2.15. The molecule has 5 nitrogen and oxygen atoms in total. The Balaban J connectivity index is 2.17. The molecule has 16 heavy (non-hydrogen) atoms. The molecule has 0 aliphatic heterocycles. The average Bonchev–Trinajstić information content (AvgIpc) is 2.86. The van der Waals surface area contributed by atoms with Gasteiger partial charge in [0.2, 0.25) is 0 Å². The Morgan fingerprint density at radius 1 is 1.62 bits per heavy atom. The van der Waals surface area contributed by atoms with Gasteiger partial charge in [0.1, 0.15) is 10.6 Å². The van der Waals surface area contributed by atoms with Crippen LogP contribution < -0.4 is 0 Å². The summed E-state index contributed by atoms with van der Waals surface area (Å²) < 4.78 is 10.2. The highest BCUT2D eigenvalue weighted by atomic mass is 32.1. The van der Waals surface area contributed by atoms with Crippen molar-refractivity contribution in [1.29, 1.82) is 0 Å². The van der Waals surface area contributed by atoms with Gasteiger partial charge in [-0.3, -0.25) is 0 Å². The van der Waals surface area contributed by atoms with Crippen molar-refractivity contribution in [2.24, 2.45) is 0 Å². The van der Waals surface area contributed by atoms with Gasteiger partial charge in [-0.25, -0.2) is 0 Å². The highest BCUT2D eigenvalue weighted by molar-refractivity contribution is 7.13. The van der Waals surface area contributed by atoms with E-state index in [0.29, 0.717) is 23.0 Å². The smallest absolute Gasteiger partial charge is 0.271 e. The standard InChI is InChI=1S/C10H12N2O3S/c1-6(14-2)5-8-11-10(15-12-8)9-7(13)3-4-16-9/h3-4,6,13H,5H2,1-2H3. The molecule has 1 N–H and O–H groups in total. The first-order chi connectivity index (χ1) is 7.70. The molecule has 2 aromatic rings. The van der Waals surface area contributed by atoms with Crippen LogP contribution in [-0.4, -0.2) is 28.5 Å². The van der Waals surface area contributed by atoms with E-state index in [4.69, 9.17) is 9.26 Å². The van der Waals surface area contributed by atoms with Crippen LogP contribution in [0.5, 0.6) is 5.75 Å². The Morgan fingerprint density at radius 3 is 3.06 bits per heavy atom. The van der Waals surface area contributed by atoms with Crippen molar-refractivity contribution >= 4 is 11.3 Å². The molecule has 1 atom stereocenters.